The minimum Gasteiger partial charge on any atom is -0.379 e. The molecule has 4 aliphatic heterocycles. The zero-order valence-electron chi connectivity index (χ0n) is 43.2. The number of nitrogens with one attached hydrogen (secondary N) is 6. The Morgan fingerprint density at radius 3 is 1.35 bits per heavy atom. The molecule has 4 amide bonds. The maximum Gasteiger partial charge on any atom is 0.246 e. The van der Waals surface area contributed by atoms with Gasteiger partial charge in [0.2, 0.25) is 23.6 Å². The fourth-order valence-corrected chi connectivity index (χ4v) is 13.7. The van der Waals surface area contributed by atoms with Crippen molar-refractivity contribution in [1.82, 2.24) is 41.7 Å². The lowest BCUT2D eigenvalue weighted by Gasteiger charge is -2.35. The Kier molecular flexibility index (Phi) is 24.8. The van der Waals surface area contributed by atoms with Crippen LogP contribution in [0.2, 0.25) is 0 Å². The van der Waals surface area contributed by atoms with Gasteiger partial charge in [-0.1, -0.05) is 126 Å². The molecule has 0 aliphatic carbocycles. The summed E-state index contributed by atoms with van der Waals surface area (Å²) in [7, 11) is 3.68. The van der Waals surface area contributed by atoms with Crippen LogP contribution in [0.15, 0.2) is 60.7 Å². The van der Waals surface area contributed by atoms with Gasteiger partial charge in [-0.15, -0.1) is 48.3 Å². The summed E-state index contributed by atoms with van der Waals surface area (Å²) in [4.78, 5) is 62.1. The molecule has 0 bridgehead atoms. The minimum atomic E-state index is -0.646. The third-order valence-electron chi connectivity index (χ3n) is 14.3. The zero-order valence-corrected chi connectivity index (χ0v) is 48.1. The maximum atomic E-state index is 14.4. The highest BCUT2D eigenvalue weighted by molar-refractivity contribution is 8.00. The molecule has 20 heteroatoms. The number of unbranched alkanes of at least 4 members (excludes halogenated alkanes) is 3. The van der Waals surface area contributed by atoms with Gasteiger partial charge in [0.25, 0.3) is 0 Å². The number of hydrogen-bond acceptors (Lipinski definition) is 12. The van der Waals surface area contributed by atoms with Crippen LogP contribution in [-0.2, 0) is 28.7 Å². The van der Waals surface area contributed by atoms with Crippen LogP contribution in [0.5, 0.6) is 0 Å². The summed E-state index contributed by atoms with van der Waals surface area (Å²) < 4.78 is 12.5. The molecular formula is C52H80Cl2N8O6S4. The maximum absolute atomic E-state index is 14.4. The van der Waals surface area contributed by atoms with Gasteiger partial charge in [0, 0.05) is 13.2 Å². The van der Waals surface area contributed by atoms with Crippen molar-refractivity contribution in [1.29, 1.82) is 0 Å². The van der Waals surface area contributed by atoms with E-state index < -0.39 is 47.1 Å². The highest BCUT2D eigenvalue weighted by Crippen LogP contribution is 2.48. The van der Waals surface area contributed by atoms with Crippen LogP contribution in [0.25, 0.3) is 0 Å². The predicted octanol–water partition coefficient (Wildman–Crippen LogP) is 7.11. The molecule has 402 valence electrons. The number of benzene rings is 2. The number of thiocarbonyl (C=S) groups is 2. The second kappa shape index (κ2) is 28.9. The number of ether oxygens (including phenoxy) is 2. The molecule has 0 aromatic heterocycles. The molecule has 6 rings (SSSR count). The molecule has 0 radical (unpaired) electrons. The van der Waals surface area contributed by atoms with Gasteiger partial charge in [0.15, 0.2) is 0 Å². The van der Waals surface area contributed by atoms with Crippen LogP contribution < -0.4 is 31.9 Å². The quantitative estimate of drug-likeness (QED) is 0.0493. The summed E-state index contributed by atoms with van der Waals surface area (Å²) in [5.41, 5.74) is 1.02. The van der Waals surface area contributed by atoms with E-state index in [0.717, 1.165) is 61.2 Å². The predicted molar refractivity (Wildman–Crippen MR) is 305 cm³/mol. The number of nitrogens with zero attached hydrogens (tertiary/aromatic N) is 2. The number of fused-ring (bicyclic) bond motifs is 2. The van der Waals surface area contributed by atoms with Crippen LogP contribution in [0.3, 0.4) is 0 Å². The standard InChI is InChI=1S/C52H78N8O6S4.2ClH/c1-33(53-7)47(67)57-37-23-27-69-41-29-51(3,4)43(59(41)49(37)63)45(61)55-39(35-19-13-11-14-20-35)31-65-25-17-9-10-18-26-66-32-40(36-21-15-12-16-22-36)56-46(62)44-52(5,6)30-42-60(44)50(64)38(24-28-70-42)58-48(68)34(2)54-8;;/h11-16,19-22,33-34,37-44,53-54H,9-10,17-18,23-32H2,1-8H3,(H,55,61)(H,56,62)(H,57,67)(H,58,68);2*1H/t33?,34?,37-,38-,39?,40?,41-,42-,43+,44+;;/m0../s1. The van der Waals surface area contributed by atoms with Gasteiger partial charge in [0.1, 0.15) is 24.2 Å². The third kappa shape index (κ3) is 15.9. The number of carbonyl (C=O) groups is 4. The minimum absolute atomic E-state index is 0. The fraction of sp³-hybridized carbons (Fsp3) is 0.654. The Morgan fingerprint density at radius 2 is 1.00 bits per heavy atom. The van der Waals surface area contributed by atoms with E-state index in [4.69, 9.17) is 33.9 Å². The van der Waals surface area contributed by atoms with Gasteiger partial charge in [-0.2, -0.15) is 0 Å². The van der Waals surface area contributed by atoms with Crippen molar-refractivity contribution in [2.45, 2.75) is 152 Å². The van der Waals surface area contributed by atoms with Crippen molar-refractivity contribution in [2.75, 3.05) is 52.0 Å². The number of thioether (sulfide) groups is 2. The summed E-state index contributed by atoms with van der Waals surface area (Å²) in [5, 5.41) is 19.3. The Bertz CT molecular complexity index is 1950. The molecule has 2 aromatic rings. The van der Waals surface area contributed by atoms with Gasteiger partial charge in [-0.05, 0) is 99.9 Å². The molecule has 10 atom stereocenters. The molecule has 0 spiro atoms. The molecular weight excluding hydrogens is 1030 g/mol. The zero-order chi connectivity index (χ0) is 50.6. The number of carbonyl (C=O) groups excluding carboxylic acids is 4. The first kappa shape index (κ1) is 61.8. The second-order valence-electron chi connectivity index (χ2n) is 20.6. The van der Waals surface area contributed by atoms with Gasteiger partial charge in [-0.25, -0.2) is 0 Å². The van der Waals surface area contributed by atoms with Crippen molar-refractivity contribution in [3.05, 3.63) is 71.8 Å². The van der Waals surface area contributed by atoms with Gasteiger partial charge < -0.3 is 51.2 Å². The highest BCUT2D eigenvalue weighted by atomic mass is 35.5. The first-order valence-corrected chi connectivity index (χ1v) is 28.1. The first-order valence-electron chi connectivity index (χ1n) is 25.2. The topological polar surface area (TPSA) is 165 Å². The van der Waals surface area contributed by atoms with Crippen LogP contribution in [0, 0.1) is 10.8 Å². The van der Waals surface area contributed by atoms with Crippen LogP contribution in [-0.4, -0.2) is 142 Å². The second-order valence-corrected chi connectivity index (χ2v) is 24.0. The van der Waals surface area contributed by atoms with Crippen LogP contribution >= 0.6 is 72.8 Å². The molecule has 14 nitrogen and oxygen atoms in total. The SMILES string of the molecule is CNC(C)C(=S)N[C@H]1CCS[C@H]2CC(C)(C)[C@@H](C(=O)NC(COCCCCCCOCC(NC(=O)[C@H]3N4C(=O)[C@@H](NC(=S)C(C)NC)CCS[C@H]4CC3(C)C)c3ccccc3)c3ccccc3)N2C1=O.Cl.Cl. The Morgan fingerprint density at radius 1 is 0.639 bits per heavy atom. The molecule has 0 saturated carbocycles. The number of halogens is 2. The fourth-order valence-electron chi connectivity index (χ4n) is 10.0. The van der Waals surface area contributed by atoms with Crippen molar-refractivity contribution < 1.29 is 28.7 Å². The van der Waals surface area contributed by atoms with Crippen LogP contribution in [0.1, 0.15) is 116 Å². The van der Waals surface area contributed by atoms with Gasteiger partial charge in [0.05, 0.1) is 58.1 Å². The lowest BCUT2D eigenvalue weighted by molar-refractivity contribution is -0.142. The largest absolute Gasteiger partial charge is 0.379 e. The Balaban J connectivity index is 0.00000562. The lowest BCUT2D eigenvalue weighted by atomic mass is 9.83. The van der Waals surface area contributed by atoms with E-state index in [9.17, 15) is 19.2 Å². The third-order valence-corrected chi connectivity index (χ3v) is 17.8. The van der Waals surface area contributed by atoms with Gasteiger partial charge >= 0.3 is 0 Å². The summed E-state index contributed by atoms with van der Waals surface area (Å²) in [6, 6.07) is 16.5. The van der Waals surface area contributed by atoms with E-state index in [2.05, 4.69) is 59.6 Å². The van der Waals surface area contributed by atoms with E-state index in [1.807, 2.05) is 98.4 Å². The van der Waals surface area contributed by atoms with Crippen molar-refractivity contribution in [3.8, 4) is 0 Å². The summed E-state index contributed by atoms with van der Waals surface area (Å²) in [6.07, 6.45) is 6.30. The highest BCUT2D eigenvalue weighted by Gasteiger charge is 2.56. The molecule has 4 fully saturated rings. The van der Waals surface area contributed by atoms with E-state index >= 15 is 0 Å². The normalized spacial score (nSPS) is 24.9. The molecule has 2 aromatic carbocycles. The molecule has 4 heterocycles. The average Bonchev–Trinajstić information content (AvgIpc) is 3.66. The number of rotatable bonds is 23. The first-order chi connectivity index (χ1) is 33.5. The van der Waals surface area contributed by atoms with E-state index in [-0.39, 0.29) is 71.3 Å². The molecule has 4 saturated heterocycles. The lowest BCUT2D eigenvalue weighted by Crippen LogP contribution is -2.58. The van der Waals surface area contributed by atoms with Gasteiger partial charge in [-0.3, -0.25) is 19.2 Å². The Labute approximate surface area is 460 Å². The number of amides is 4. The number of likely N-dealkylation sites (N-methyl/N-ethyl adjacent to an activating group) is 2. The van der Waals surface area contributed by atoms with E-state index in [0.29, 0.717) is 49.2 Å². The molecule has 72 heavy (non-hydrogen) atoms. The summed E-state index contributed by atoms with van der Waals surface area (Å²) >= 11 is 14.7. The Hall–Kier alpha value is -2.78. The molecule has 4 unspecified atom stereocenters. The van der Waals surface area contributed by atoms with Crippen LogP contribution in [0.4, 0.5) is 0 Å². The summed E-state index contributed by atoms with van der Waals surface area (Å²) in [5.74, 6) is 1.08. The van der Waals surface area contributed by atoms with Crippen molar-refractivity contribution >= 4 is 106 Å². The van der Waals surface area contributed by atoms with Crippen molar-refractivity contribution in [3.63, 3.8) is 0 Å². The monoisotopic (exact) mass is 1110 g/mol. The van der Waals surface area contributed by atoms with E-state index in [1.54, 1.807) is 23.5 Å². The molecule has 6 N–H and O–H groups in total. The van der Waals surface area contributed by atoms with E-state index in [1.165, 1.54) is 0 Å². The summed E-state index contributed by atoms with van der Waals surface area (Å²) in [6.45, 7) is 13.9. The van der Waals surface area contributed by atoms with Crippen molar-refractivity contribution in [2.24, 2.45) is 10.8 Å². The smallest absolute Gasteiger partial charge is 0.246 e. The number of hydrogen-bond donors (Lipinski definition) is 6. The molecule has 4 aliphatic rings. The average molecular weight is 1110 g/mol.